The standard InChI is InChI=1S/C13H14FN3O2S/c1-15-8-10-4-5-11(14)7-13(10)20(18,19)17-12-3-2-6-16-9-12/h2-7,9,15,17H,8H2,1H3. The Morgan fingerprint density at radius 3 is 2.75 bits per heavy atom. The van der Waals surface area contributed by atoms with Crippen molar-refractivity contribution in [2.75, 3.05) is 11.8 Å². The molecule has 0 unspecified atom stereocenters. The summed E-state index contributed by atoms with van der Waals surface area (Å²) in [7, 11) is -2.17. The number of aromatic nitrogens is 1. The summed E-state index contributed by atoms with van der Waals surface area (Å²) in [4.78, 5) is 3.74. The number of pyridine rings is 1. The lowest BCUT2D eigenvalue weighted by atomic mass is 10.2. The van der Waals surface area contributed by atoms with E-state index in [0.29, 0.717) is 17.8 Å². The van der Waals surface area contributed by atoms with E-state index in [1.165, 1.54) is 24.5 Å². The third-order valence-corrected chi connectivity index (χ3v) is 4.06. The van der Waals surface area contributed by atoms with Gasteiger partial charge in [0.15, 0.2) is 0 Å². The molecule has 2 aromatic rings. The van der Waals surface area contributed by atoms with E-state index in [1.807, 2.05) is 0 Å². The van der Waals surface area contributed by atoms with Crippen LogP contribution in [0.4, 0.5) is 10.1 Å². The molecule has 0 amide bonds. The van der Waals surface area contributed by atoms with Crippen molar-refractivity contribution in [3.63, 3.8) is 0 Å². The molecule has 2 N–H and O–H groups in total. The zero-order chi connectivity index (χ0) is 14.6. The maximum atomic E-state index is 13.3. The Morgan fingerprint density at radius 1 is 1.30 bits per heavy atom. The predicted molar refractivity (Wildman–Crippen MR) is 74.2 cm³/mol. The molecular weight excluding hydrogens is 281 g/mol. The highest BCUT2D eigenvalue weighted by atomic mass is 32.2. The third-order valence-electron chi connectivity index (χ3n) is 2.60. The Balaban J connectivity index is 2.41. The highest BCUT2D eigenvalue weighted by Crippen LogP contribution is 2.20. The lowest BCUT2D eigenvalue weighted by Crippen LogP contribution is -2.17. The van der Waals surface area contributed by atoms with Gasteiger partial charge in [0.25, 0.3) is 10.0 Å². The van der Waals surface area contributed by atoms with E-state index in [-0.39, 0.29) is 4.90 Å². The van der Waals surface area contributed by atoms with Gasteiger partial charge in [-0.05, 0) is 36.9 Å². The van der Waals surface area contributed by atoms with Gasteiger partial charge in [0, 0.05) is 12.7 Å². The number of hydrogen-bond donors (Lipinski definition) is 2. The van der Waals surface area contributed by atoms with E-state index in [2.05, 4.69) is 15.0 Å². The van der Waals surface area contributed by atoms with Gasteiger partial charge in [0.2, 0.25) is 0 Å². The van der Waals surface area contributed by atoms with Gasteiger partial charge in [-0.3, -0.25) is 9.71 Å². The van der Waals surface area contributed by atoms with Gasteiger partial charge in [0.1, 0.15) is 5.82 Å². The first-order valence-electron chi connectivity index (χ1n) is 5.89. The molecule has 2 rings (SSSR count). The molecule has 1 aromatic carbocycles. The number of benzene rings is 1. The van der Waals surface area contributed by atoms with E-state index in [9.17, 15) is 12.8 Å². The predicted octanol–water partition coefficient (Wildman–Crippen LogP) is 1.74. The highest BCUT2D eigenvalue weighted by Gasteiger charge is 2.19. The number of nitrogens with zero attached hydrogens (tertiary/aromatic N) is 1. The van der Waals surface area contributed by atoms with Crippen molar-refractivity contribution in [3.05, 3.63) is 54.1 Å². The number of sulfonamides is 1. The molecule has 0 aliphatic rings. The van der Waals surface area contributed by atoms with Crippen LogP contribution in [0.15, 0.2) is 47.6 Å². The Labute approximate surface area is 116 Å². The van der Waals surface area contributed by atoms with Crippen molar-refractivity contribution < 1.29 is 12.8 Å². The van der Waals surface area contributed by atoms with Gasteiger partial charge in [-0.25, -0.2) is 12.8 Å². The molecule has 0 saturated carbocycles. The van der Waals surface area contributed by atoms with Gasteiger partial charge >= 0.3 is 0 Å². The molecule has 20 heavy (non-hydrogen) atoms. The molecule has 5 nitrogen and oxygen atoms in total. The summed E-state index contributed by atoms with van der Waals surface area (Å²) in [6.45, 7) is 0.323. The third kappa shape index (κ3) is 3.31. The SMILES string of the molecule is CNCc1ccc(F)cc1S(=O)(=O)Nc1cccnc1. The molecule has 1 aromatic heterocycles. The van der Waals surface area contributed by atoms with Gasteiger partial charge in [-0.1, -0.05) is 6.07 Å². The minimum atomic E-state index is -3.86. The second kappa shape index (κ2) is 5.98. The number of nitrogens with one attached hydrogen (secondary N) is 2. The summed E-state index contributed by atoms with van der Waals surface area (Å²) >= 11 is 0. The summed E-state index contributed by atoms with van der Waals surface area (Å²) in [5.41, 5.74) is 0.817. The average molecular weight is 295 g/mol. The van der Waals surface area contributed by atoms with Crippen LogP contribution in [-0.4, -0.2) is 20.4 Å². The molecule has 0 fully saturated rings. The largest absolute Gasteiger partial charge is 0.316 e. The lowest BCUT2D eigenvalue weighted by molar-refractivity contribution is 0.592. The highest BCUT2D eigenvalue weighted by molar-refractivity contribution is 7.92. The van der Waals surface area contributed by atoms with E-state index in [1.54, 1.807) is 19.2 Å². The number of anilines is 1. The van der Waals surface area contributed by atoms with Crippen LogP contribution in [-0.2, 0) is 16.6 Å². The van der Waals surface area contributed by atoms with Crippen molar-refractivity contribution in [3.8, 4) is 0 Å². The average Bonchev–Trinajstić information content (AvgIpc) is 2.41. The molecular formula is C13H14FN3O2S. The van der Waals surface area contributed by atoms with Crippen LogP contribution in [0.5, 0.6) is 0 Å². The molecule has 1 heterocycles. The van der Waals surface area contributed by atoms with Crippen LogP contribution in [0.3, 0.4) is 0 Å². The first-order chi connectivity index (χ1) is 9.53. The molecule has 0 saturated heterocycles. The van der Waals surface area contributed by atoms with Crippen molar-refractivity contribution in [1.82, 2.24) is 10.3 Å². The molecule has 7 heteroatoms. The smallest absolute Gasteiger partial charge is 0.262 e. The van der Waals surface area contributed by atoms with Gasteiger partial charge < -0.3 is 5.32 Å². The Hall–Kier alpha value is -1.99. The molecule has 0 aliphatic carbocycles. The van der Waals surface area contributed by atoms with Crippen LogP contribution in [0, 0.1) is 5.82 Å². The van der Waals surface area contributed by atoms with Crippen molar-refractivity contribution in [1.29, 1.82) is 0 Å². The molecule has 0 bridgehead atoms. The van der Waals surface area contributed by atoms with E-state index < -0.39 is 15.8 Å². The Morgan fingerprint density at radius 2 is 2.10 bits per heavy atom. The normalized spacial score (nSPS) is 11.3. The monoisotopic (exact) mass is 295 g/mol. The van der Waals surface area contributed by atoms with Gasteiger partial charge in [-0.15, -0.1) is 0 Å². The maximum absolute atomic E-state index is 13.3. The second-order valence-electron chi connectivity index (χ2n) is 4.13. The maximum Gasteiger partial charge on any atom is 0.262 e. The van der Waals surface area contributed by atoms with Crippen LogP contribution in [0.1, 0.15) is 5.56 Å². The number of hydrogen-bond acceptors (Lipinski definition) is 4. The van der Waals surface area contributed by atoms with Gasteiger partial charge in [-0.2, -0.15) is 0 Å². The van der Waals surface area contributed by atoms with Crippen LogP contribution in [0.25, 0.3) is 0 Å². The Kier molecular flexibility index (Phi) is 4.31. The topological polar surface area (TPSA) is 71.1 Å². The van der Waals surface area contributed by atoms with Crippen LogP contribution >= 0.6 is 0 Å². The Bertz CT molecular complexity index is 690. The fraction of sp³-hybridized carbons (Fsp3) is 0.154. The van der Waals surface area contributed by atoms with E-state index in [0.717, 1.165) is 6.07 Å². The molecule has 0 aliphatic heterocycles. The van der Waals surface area contributed by atoms with Crippen molar-refractivity contribution >= 4 is 15.7 Å². The fourth-order valence-electron chi connectivity index (χ4n) is 1.75. The zero-order valence-corrected chi connectivity index (χ0v) is 11.6. The molecule has 0 spiro atoms. The second-order valence-corrected chi connectivity index (χ2v) is 5.78. The summed E-state index contributed by atoms with van der Waals surface area (Å²) in [6, 6.07) is 6.87. The quantitative estimate of drug-likeness (QED) is 0.881. The first-order valence-corrected chi connectivity index (χ1v) is 7.37. The minimum Gasteiger partial charge on any atom is -0.316 e. The summed E-state index contributed by atoms with van der Waals surface area (Å²) in [5, 5.41) is 2.85. The molecule has 0 radical (unpaired) electrons. The van der Waals surface area contributed by atoms with Crippen molar-refractivity contribution in [2.45, 2.75) is 11.4 Å². The fourth-order valence-corrected chi connectivity index (χ4v) is 3.04. The number of halogens is 1. The lowest BCUT2D eigenvalue weighted by Gasteiger charge is -2.12. The molecule has 0 atom stereocenters. The summed E-state index contributed by atoms with van der Waals surface area (Å²) < 4.78 is 40.3. The summed E-state index contributed by atoms with van der Waals surface area (Å²) in [5.74, 6) is -0.601. The number of rotatable bonds is 5. The first kappa shape index (κ1) is 14.4. The van der Waals surface area contributed by atoms with Crippen LogP contribution < -0.4 is 10.0 Å². The van der Waals surface area contributed by atoms with Crippen LogP contribution in [0.2, 0.25) is 0 Å². The van der Waals surface area contributed by atoms with Gasteiger partial charge in [0.05, 0.1) is 16.8 Å². The minimum absolute atomic E-state index is 0.0873. The summed E-state index contributed by atoms with van der Waals surface area (Å²) in [6.07, 6.45) is 2.92. The van der Waals surface area contributed by atoms with Crippen molar-refractivity contribution in [2.24, 2.45) is 0 Å². The molecule has 106 valence electrons. The van der Waals surface area contributed by atoms with E-state index >= 15 is 0 Å². The van der Waals surface area contributed by atoms with E-state index in [4.69, 9.17) is 0 Å². The zero-order valence-electron chi connectivity index (χ0n) is 10.8.